The highest BCUT2D eigenvalue weighted by Gasteiger charge is 2.03. The Hall–Kier alpha value is -1.48. The van der Waals surface area contributed by atoms with Crippen LogP contribution in [0, 0.1) is 6.92 Å². The molecule has 82 valence electrons. The largest absolute Gasteiger partial charge is 0.455 e. The molecule has 16 heavy (non-hydrogen) atoms. The summed E-state index contributed by atoms with van der Waals surface area (Å²) in [4.78, 5) is 0. The molecule has 0 aliphatic heterocycles. The highest BCUT2D eigenvalue weighted by atomic mass is 79.9. The third kappa shape index (κ3) is 2.36. The molecule has 0 saturated heterocycles. The zero-order valence-electron chi connectivity index (χ0n) is 8.91. The topological polar surface area (TPSA) is 35.2 Å². The fraction of sp³-hybridized carbons (Fsp3) is 0.0769. The van der Waals surface area contributed by atoms with E-state index in [-0.39, 0.29) is 0 Å². The number of hydrogen-bond donors (Lipinski definition) is 1. The molecule has 2 aromatic rings. The predicted octanol–water partition coefficient (Wildman–Crippen LogP) is 4.13. The van der Waals surface area contributed by atoms with Gasteiger partial charge < -0.3 is 10.5 Å². The molecule has 0 spiro atoms. The molecular formula is C13H12BrNO. The number of benzene rings is 2. The minimum absolute atomic E-state index is 0.683. The van der Waals surface area contributed by atoms with Gasteiger partial charge in [-0.1, -0.05) is 34.1 Å². The van der Waals surface area contributed by atoms with Gasteiger partial charge in [0, 0.05) is 4.47 Å². The number of halogens is 1. The molecule has 0 atom stereocenters. The molecule has 2 N–H and O–H groups in total. The lowest BCUT2D eigenvalue weighted by Gasteiger charge is -2.10. The predicted molar refractivity (Wildman–Crippen MR) is 69.8 cm³/mol. The summed E-state index contributed by atoms with van der Waals surface area (Å²) in [6.45, 7) is 1.96. The van der Waals surface area contributed by atoms with Crippen LogP contribution in [0.25, 0.3) is 0 Å². The Labute approximate surface area is 103 Å². The second kappa shape index (κ2) is 4.58. The van der Waals surface area contributed by atoms with Gasteiger partial charge in [0.05, 0.1) is 5.69 Å². The number of para-hydroxylation sites is 1. The fourth-order valence-corrected chi connectivity index (χ4v) is 1.78. The molecule has 0 saturated carbocycles. The third-order valence-corrected chi connectivity index (χ3v) is 2.80. The molecule has 0 unspecified atom stereocenters. The molecule has 0 fully saturated rings. The Kier molecular flexibility index (Phi) is 3.15. The summed E-state index contributed by atoms with van der Waals surface area (Å²) in [6.07, 6.45) is 0. The lowest BCUT2D eigenvalue weighted by Crippen LogP contribution is -1.94. The van der Waals surface area contributed by atoms with E-state index in [1.807, 2.05) is 49.4 Å². The van der Waals surface area contributed by atoms with E-state index in [2.05, 4.69) is 15.9 Å². The van der Waals surface area contributed by atoms with Crippen LogP contribution in [0.4, 0.5) is 5.69 Å². The van der Waals surface area contributed by atoms with Gasteiger partial charge in [0.1, 0.15) is 5.75 Å². The first kappa shape index (κ1) is 11.0. The third-order valence-electron chi connectivity index (χ3n) is 2.31. The first-order chi connectivity index (χ1) is 7.66. The average molecular weight is 278 g/mol. The zero-order valence-corrected chi connectivity index (χ0v) is 10.5. The summed E-state index contributed by atoms with van der Waals surface area (Å²) >= 11 is 3.40. The van der Waals surface area contributed by atoms with Crippen molar-refractivity contribution in [1.29, 1.82) is 0 Å². The molecule has 0 aliphatic rings. The van der Waals surface area contributed by atoms with Crippen molar-refractivity contribution >= 4 is 21.6 Å². The SMILES string of the molecule is Cc1cccc(Oc2cccc(Br)c2)c1N. The van der Waals surface area contributed by atoms with Crippen LogP contribution >= 0.6 is 15.9 Å². The van der Waals surface area contributed by atoms with Crippen LogP contribution in [0.15, 0.2) is 46.9 Å². The van der Waals surface area contributed by atoms with Crippen LogP contribution in [0.5, 0.6) is 11.5 Å². The van der Waals surface area contributed by atoms with E-state index in [4.69, 9.17) is 10.5 Å². The van der Waals surface area contributed by atoms with E-state index in [1.54, 1.807) is 0 Å². The molecule has 3 heteroatoms. The maximum absolute atomic E-state index is 5.93. The minimum atomic E-state index is 0.683. The second-order valence-electron chi connectivity index (χ2n) is 3.55. The molecule has 0 radical (unpaired) electrons. The summed E-state index contributed by atoms with van der Waals surface area (Å²) < 4.78 is 6.70. The van der Waals surface area contributed by atoms with Crippen LogP contribution in [0.3, 0.4) is 0 Å². The van der Waals surface area contributed by atoms with Gasteiger partial charge >= 0.3 is 0 Å². The summed E-state index contributed by atoms with van der Waals surface area (Å²) in [5.41, 5.74) is 7.64. The first-order valence-corrected chi connectivity index (χ1v) is 5.74. The lowest BCUT2D eigenvalue weighted by molar-refractivity contribution is 0.484. The van der Waals surface area contributed by atoms with Crippen molar-refractivity contribution < 1.29 is 4.74 Å². The summed E-state index contributed by atoms with van der Waals surface area (Å²) in [5, 5.41) is 0. The molecule has 0 heterocycles. The van der Waals surface area contributed by atoms with Gasteiger partial charge in [-0.15, -0.1) is 0 Å². The van der Waals surface area contributed by atoms with E-state index in [9.17, 15) is 0 Å². The number of hydrogen-bond acceptors (Lipinski definition) is 2. The normalized spacial score (nSPS) is 10.1. The Morgan fingerprint density at radius 3 is 2.62 bits per heavy atom. The van der Waals surface area contributed by atoms with E-state index >= 15 is 0 Å². The standard InChI is InChI=1S/C13H12BrNO/c1-9-4-2-7-12(13(9)15)16-11-6-3-5-10(14)8-11/h2-8H,15H2,1H3. The maximum atomic E-state index is 5.93. The van der Waals surface area contributed by atoms with Crippen molar-refractivity contribution in [3.05, 3.63) is 52.5 Å². The molecule has 0 bridgehead atoms. The summed E-state index contributed by atoms with van der Waals surface area (Å²) in [6, 6.07) is 13.4. The second-order valence-corrected chi connectivity index (χ2v) is 4.46. The number of nitrogen functional groups attached to an aromatic ring is 1. The van der Waals surface area contributed by atoms with E-state index in [1.165, 1.54) is 0 Å². The van der Waals surface area contributed by atoms with E-state index in [0.717, 1.165) is 15.8 Å². The Morgan fingerprint density at radius 1 is 1.12 bits per heavy atom. The van der Waals surface area contributed by atoms with E-state index in [0.29, 0.717) is 11.4 Å². The van der Waals surface area contributed by atoms with Gasteiger partial charge in [0.2, 0.25) is 0 Å². The lowest BCUT2D eigenvalue weighted by atomic mass is 10.2. The molecule has 0 aliphatic carbocycles. The van der Waals surface area contributed by atoms with Crippen LogP contribution in [0.2, 0.25) is 0 Å². The quantitative estimate of drug-likeness (QED) is 0.838. The van der Waals surface area contributed by atoms with Crippen molar-refractivity contribution in [2.45, 2.75) is 6.92 Å². The van der Waals surface area contributed by atoms with Crippen molar-refractivity contribution in [3.63, 3.8) is 0 Å². The Balaban J connectivity index is 2.31. The Morgan fingerprint density at radius 2 is 1.88 bits per heavy atom. The molecule has 2 aromatic carbocycles. The average Bonchev–Trinajstić information content (AvgIpc) is 2.25. The monoisotopic (exact) mass is 277 g/mol. The highest BCUT2D eigenvalue weighted by molar-refractivity contribution is 9.10. The van der Waals surface area contributed by atoms with Crippen molar-refractivity contribution in [3.8, 4) is 11.5 Å². The number of nitrogens with two attached hydrogens (primary N) is 1. The van der Waals surface area contributed by atoms with Gasteiger partial charge in [-0.3, -0.25) is 0 Å². The number of anilines is 1. The first-order valence-electron chi connectivity index (χ1n) is 4.95. The molecule has 2 nitrogen and oxygen atoms in total. The summed E-state index contributed by atoms with van der Waals surface area (Å²) in [7, 11) is 0. The minimum Gasteiger partial charge on any atom is -0.455 e. The van der Waals surface area contributed by atoms with Gasteiger partial charge in [0.15, 0.2) is 5.75 Å². The maximum Gasteiger partial charge on any atom is 0.150 e. The number of rotatable bonds is 2. The van der Waals surface area contributed by atoms with Crippen LogP contribution in [-0.4, -0.2) is 0 Å². The molecular weight excluding hydrogens is 266 g/mol. The summed E-state index contributed by atoms with van der Waals surface area (Å²) in [5.74, 6) is 1.46. The van der Waals surface area contributed by atoms with Gasteiger partial charge in [0.25, 0.3) is 0 Å². The van der Waals surface area contributed by atoms with Crippen LogP contribution in [-0.2, 0) is 0 Å². The molecule has 2 rings (SSSR count). The molecule has 0 aromatic heterocycles. The van der Waals surface area contributed by atoms with Crippen molar-refractivity contribution in [1.82, 2.24) is 0 Å². The van der Waals surface area contributed by atoms with Gasteiger partial charge in [-0.25, -0.2) is 0 Å². The zero-order chi connectivity index (χ0) is 11.5. The number of aryl methyl sites for hydroxylation is 1. The fourth-order valence-electron chi connectivity index (χ4n) is 1.40. The smallest absolute Gasteiger partial charge is 0.150 e. The van der Waals surface area contributed by atoms with Crippen LogP contribution in [0.1, 0.15) is 5.56 Å². The molecule has 0 amide bonds. The van der Waals surface area contributed by atoms with Crippen molar-refractivity contribution in [2.75, 3.05) is 5.73 Å². The highest BCUT2D eigenvalue weighted by Crippen LogP contribution is 2.30. The Bertz CT molecular complexity index is 511. The number of ether oxygens (including phenoxy) is 1. The van der Waals surface area contributed by atoms with Gasteiger partial charge in [-0.2, -0.15) is 0 Å². The van der Waals surface area contributed by atoms with E-state index < -0.39 is 0 Å². The van der Waals surface area contributed by atoms with Crippen LogP contribution < -0.4 is 10.5 Å². The van der Waals surface area contributed by atoms with Crippen molar-refractivity contribution in [2.24, 2.45) is 0 Å². The van der Waals surface area contributed by atoms with Gasteiger partial charge in [-0.05, 0) is 36.8 Å².